The van der Waals surface area contributed by atoms with Gasteiger partial charge < -0.3 is 19.7 Å². The van der Waals surface area contributed by atoms with Gasteiger partial charge in [-0.15, -0.1) is 0 Å². The maximum absolute atomic E-state index is 14.7. The predicted octanol–water partition coefficient (Wildman–Crippen LogP) is 5.76. The van der Waals surface area contributed by atoms with Crippen LogP contribution in [-0.4, -0.2) is 58.0 Å². The van der Waals surface area contributed by atoms with Crippen molar-refractivity contribution in [3.05, 3.63) is 120 Å². The number of hydrogen-bond donors (Lipinski definition) is 1. The standard InChI is InChI=1S/C37H43N3O6S/c1-6-28(3)38-37(42)34(23-29-15-9-7-10-16-29)39(25-30-17-13-14-27(2)22-30)36(41)26-40(47(43,44)32-18-11-8-12-19-32)33-24-31(45-4)20-21-35(33)46-5/h7-22,24,28,34H,6,23,25-26H2,1-5H3,(H,38,42)/t28-,34-/m0/s1. The minimum absolute atomic E-state index is 0.00161. The van der Waals surface area contributed by atoms with Crippen LogP contribution in [0.2, 0.25) is 0 Å². The highest BCUT2D eigenvalue weighted by Gasteiger charge is 2.36. The fourth-order valence-electron chi connectivity index (χ4n) is 5.23. The van der Waals surface area contributed by atoms with Crippen molar-refractivity contribution >= 4 is 27.5 Å². The largest absolute Gasteiger partial charge is 0.497 e. The van der Waals surface area contributed by atoms with Gasteiger partial charge in [-0.05, 0) is 55.7 Å². The van der Waals surface area contributed by atoms with Crippen LogP contribution in [0.1, 0.15) is 37.0 Å². The van der Waals surface area contributed by atoms with E-state index in [2.05, 4.69) is 5.32 Å². The van der Waals surface area contributed by atoms with Crippen LogP contribution in [0.25, 0.3) is 0 Å². The van der Waals surface area contributed by atoms with Gasteiger partial charge in [-0.25, -0.2) is 8.42 Å². The number of nitrogens with one attached hydrogen (secondary N) is 1. The summed E-state index contributed by atoms with van der Waals surface area (Å²) in [6, 6.07) is 28.8. The molecule has 2 atom stereocenters. The van der Waals surface area contributed by atoms with Gasteiger partial charge in [-0.2, -0.15) is 0 Å². The van der Waals surface area contributed by atoms with Gasteiger partial charge in [0.25, 0.3) is 10.0 Å². The minimum Gasteiger partial charge on any atom is -0.497 e. The number of benzene rings is 4. The van der Waals surface area contributed by atoms with Crippen molar-refractivity contribution < 1.29 is 27.5 Å². The Kier molecular flexibility index (Phi) is 12.0. The zero-order chi connectivity index (χ0) is 34.0. The second kappa shape index (κ2) is 16.1. The molecule has 248 valence electrons. The highest BCUT2D eigenvalue weighted by atomic mass is 32.2. The average Bonchev–Trinajstić information content (AvgIpc) is 3.09. The summed E-state index contributed by atoms with van der Waals surface area (Å²) in [6.07, 6.45) is 0.933. The van der Waals surface area contributed by atoms with Crippen molar-refractivity contribution in [2.24, 2.45) is 0 Å². The lowest BCUT2D eigenvalue weighted by Gasteiger charge is -2.34. The Hall–Kier alpha value is -4.83. The quantitative estimate of drug-likeness (QED) is 0.174. The molecule has 4 rings (SSSR count). The summed E-state index contributed by atoms with van der Waals surface area (Å²) in [5.74, 6) is -0.261. The number of sulfonamides is 1. The van der Waals surface area contributed by atoms with Crippen LogP contribution >= 0.6 is 0 Å². The number of anilines is 1. The van der Waals surface area contributed by atoms with Gasteiger partial charge >= 0.3 is 0 Å². The SMILES string of the molecule is CC[C@H](C)NC(=O)[C@H](Cc1ccccc1)N(Cc1cccc(C)c1)C(=O)CN(c1cc(OC)ccc1OC)S(=O)(=O)c1ccccc1. The van der Waals surface area contributed by atoms with Crippen molar-refractivity contribution in [2.75, 3.05) is 25.1 Å². The van der Waals surface area contributed by atoms with Crippen LogP contribution < -0.4 is 19.1 Å². The fraction of sp³-hybridized carbons (Fsp3) is 0.297. The highest BCUT2D eigenvalue weighted by molar-refractivity contribution is 7.92. The molecule has 0 aliphatic rings. The van der Waals surface area contributed by atoms with Crippen LogP contribution in [0.15, 0.2) is 108 Å². The first-order valence-electron chi connectivity index (χ1n) is 15.6. The van der Waals surface area contributed by atoms with E-state index >= 15 is 0 Å². The normalized spacial score (nSPS) is 12.4. The number of ether oxygens (including phenoxy) is 2. The summed E-state index contributed by atoms with van der Waals surface area (Å²) in [5.41, 5.74) is 2.79. The molecule has 0 aromatic heterocycles. The molecule has 1 N–H and O–H groups in total. The van der Waals surface area contributed by atoms with Crippen LogP contribution in [0.5, 0.6) is 11.5 Å². The number of carbonyl (C=O) groups excluding carboxylic acids is 2. The fourth-order valence-corrected chi connectivity index (χ4v) is 6.66. The summed E-state index contributed by atoms with van der Waals surface area (Å²) in [4.78, 5) is 30.2. The molecule has 0 aliphatic carbocycles. The average molecular weight is 658 g/mol. The third-order valence-electron chi connectivity index (χ3n) is 7.97. The molecule has 0 heterocycles. The number of rotatable bonds is 15. The summed E-state index contributed by atoms with van der Waals surface area (Å²) < 4.78 is 40.7. The summed E-state index contributed by atoms with van der Waals surface area (Å²) >= 11 is 0. The molecule has 0 unspecified atom stereocenters. The van der Waals surface area contributed by atoms with Gasteiger partial charge in [-0.1, -0.05) is 85.3 Å². The molecule has 0 aliphatic heterocycles. The monoisotopic (exact) mass is 657 g/mol. The maximum Gasteiger partial charge on any atom is 0.264 e. The molecule has 0 radical (unpaired) electrons. The molecule has 9 nitrogen and oxygen atoms in total. The van der Waals surface area contributed by atoms with Crippen molar-refractivity contribution in [3.8, 4) is 11.5 Å². The first-order valence-corrected chi connectivity index (χ1v) is 17.0. The molecule has 47 heavy (non-hydrogen) atoms. The van der Waals surface area contributed by atoms with Crippen molar-refractivity contribution in [2.45, 2.75) is 57.1 Å². The Morgan fingerprint density at radius 1 is 0.830 bits per heavy atom. The predicted molar refractivity (Wildman–Crippen MR) is 184 cm³/mol. The molecule has 0 fully saturated rings. The second-order valence-corrected chi connectivity index (χ2v) is 13.3. The molecule has 0 spiro atoms. The molecule has 0 saturated heterocycles. The Morgan fingerprint density at radius 3 is 2.11 bits per heavy atom. The number of hydrogen-bond acceptors (Lipinski definition) is 6. The summed E-state index contributed by atoms with van der Waals surface area (Å²) in [7, 11) is -1.40. The second-order valence-electron chi connectivity index (χ2n) is 11.4. The molecule has 4 aromatic carbocycles. The number of carbonyl (C=O) groups is 2. The van der Waals surface area contributed by atoms with E-state index in [-0.39, 0.29) is 41.2 Å². The molecule has 0 bridgehead atoms. The van der Waals surface area contributed by atoms with E-state index in [1.54, 1.807) is 30.3 Å². The van der Waals surface area contributed by atoms with E-state index in [0.29, 0.717) is 12.2 Å². The van der Waals surface area contributed by atoms with Gasteiger partial charge in [0.05, 0.1) is 24.8 Å². The third kappa shape index (κ3) is 8.92. The molecule has 10 heteroatoms. The Bertz CT molecular complexity index is 1750. The smallest absolute Gasteiger partial charge is 0.264 e. The van der Waals surface area contributed by atoms with Gasteiger partial charge in [0, 0.05) is 25.1 Å². The van der Waals surface area contributed by atoms with Gasteiger partial charge in [0.15, 0.2) is 0 Å². The van der Waals surface area contributed by atoms with E-state index in [0.717, 1.165) is 21.0 Å². The van der Waals surface area contributed by atoms with Crippen LogP contribution in [-0.2, 0) is 32.6 Å². The lowest BCUT2D eigenvalue weighted by atomic mass is 10.0. The number of amides is 2. The summed E-state index contributed by atoms with van der Waals surface area (Å²) in [6.45, 7) is 5.32. The lowest BCUT2D eigenvalue weighted by Crippen LogP contribution is -2.54. The minimum atomic E-state index is -4.30. The molecular formula is C37H43N3O6S. The van der Waals surface area contributed by atoms with Gasteiger partial charge in [-0.3, -0.25) is 13.9 Å². The summed E-state index contributed by atoms with van der Waals surface area (Å²) in [5, 5.41) is 3.06. The Balaban J connectivity index is 1.86. The van der Waals surface area contributed by atoms with E-state index < -0.39 is 28.5 Å². The van der Waals surface area contributed by atoms with E-state index in [9.17, 15) is 18.0 Å². The van der Waals surface area contributed by atoms with E-state index in [1.807, 2.05) is 75.4 Å². The Morgan fingerprint density at radius 2 is 1.49 bits per heavy atom. The Labute approximate surface area is 278 Å². The van der Waals surface area contributed by atoms with Gasteiger partial charge in [0.1, 0.15) is 24.1 Å². The van der Waals surface area contributed by atoms with Crippen molar-refractivity contribution in [1.29, 1.82) is 0 Å². The highest BCUT2D eigenvalue weighted by Crippen LogP contribution is 2.36. The van der Waals surface area contributed by atoms with Crippen molar-refractivity contribution in [1.82, 2.24) is 10.2 Å². The van der Waals surface area contributed by atoms with E-state index in [1.165, 1.54) is 37.3 Å². The van der Waals surface area contributed by atoms with Gasteiger partial charge in [0.2, 0.25) is 11.8 Å². The number of nitrogens with zero attached hydrogens (tertiary/aromatic N) is 2. The zero-order valence-corrected chi connectivity index (χ0v) is 28.4. The molecule has 0 saturated carbocycles. The maximum atomic E-state index is 14.7. The number of aryl methyl sites for hydroxylation is 1. The topological polar surface area (TPSA) is 105 Å². The molecule has 4 aromatic rings. The van der Waals surface area contributed by atoms with Crippen LogP contribution in [0.4, 0.5) is 5.69 Å². The third-order valence-corrected chi connectivity index (χ3v) is 9.75. The lowest BCUT2D eigenvalue weighted by molar-refractivity contribution is -0.140. The number of methoxy groups -OCH3 is 2. The van der Waals surface area contributed by atoms with Crippen LogP contribution in [0.3, 0.4) is 0 Å². The first kappa shape index (κ1) is 35.0. The molecule has 2 amide bonds. The van der Waals surface area contributed by atoms with Crippen LogP contribution in [0, 0.1) is 6.92 Å². The zero-order valence-electron chi connectivity index (χ0n) is 27.6. The van der Waals surface area contributed by atoms with E-state index in [4.69, 9.17) is 9.47 Å². The van der Waals surface area contributed by atoms with Crippen molar-refractivity contribution in [3.63, 3.8) is 0 Å². The first-order chi connectivity index (χ1) is 22.6. The molecular weight excluding hydrogens is 614 g/mol.